The third-order valence-electron chi connectivity index (χ3n) is 4.92. The Hall–Kier alpha value is -1.08. The molecule has 2 fully saturated rings. The molecule has 0 bridgehead atoms. The van der Waals surface area contributed by atoms with Crippen molar-refractivity contribution >= 4 is 12.6 Å². The van der Waals surface area contributed by atoms with Gasteiger partial charge in [0.25, 0.3) is 0 Å². The molecule has 0 aliphatic carbocycles. The number of hydrogen-bond acceptors (Lipinski definition) is 5. The zero-order valence-electron chi connectivity index (χ0n) is 15.4. The van der Waals surface area contributed by atoms with Gasteiger partial charge in [-0.2, -0.15) is 0 Å². The minimum atomic E-state index is -0.542. The summed E-state index contributed by atoms with van der Waals surface area (Å²) in [5.74, 6) is 0.212. The van der Waals surface area contributed by atoms with Crippen LogP contribution in [0.4, 0.5) is 0 Å². The molecule has 132 valence electrons. The van der Waals surface area contributed by atoms with E-state index >= 15 is 0 Å². The molecule has 0 amide bonds. The average Bonchev–Trinajstić information content (AvgIpc) is 2.93. The van der Waals surface area contributed by atoms with Gasteiger partial charge in [0.2, 0.25) is 0 Å². The van der Waals surface area contributed by atoms with Crippen LogP contribution in [0, 0.1) is 0 Å². The molecule has 1 aromatic carbocycles. The Morgan fingerprint density at radius 1 is 1.04 bits per heavy atom. The Balaban J connectivity index is 1.70. The molecule has 1 aromatic rings. The van der Waals surface area contributed by atoms with E-state index in [1.807, 2.05) is 65.8 Å². The summed E-state index contributed by atoms with van der Waals surface area (Å²) in [5, 5.41) is 0. The second-order valence-electron chi connectivity index (χ2n) is 7.89. The van der Waals surface area contributed by atoms with Crippen LogP contribution in [0.2, 0.25) is 0 Å². The Morgan fingerprint density at radius 2 is 1.67 bits per heavy atom. The summed E-state index contributed by atoms with van der Waals surface area (Å²) in [4.78, 5) is 0. The summed E-state index contributed by atoms with van der Waals surface area (Å²) >= 11 is 0. The summed E-state index contributed by atoms with van der Waals surface area (Å²) in [6.45, 7) is 13.0. The van der Waals surface area contributed by atoms with Crippen molar-refractivity contribution in [3.05, 3.63) is 24.3 Å². The largest absolute Gasteiger partial charge is 0.498 e. The maximum atomic E-state index is 6.14. The van der Waals surface area contributed by atoms with Gasteiger partial charge in [-0.3, -0.25) is 0 Å². The third-order valence-corrected chi connectivity index (χ3v) is 4.92. The molecule has 3 rings (SSSR count). The molecule has 5 nitrogen and oxygen atoms in total. The van der Waals surface area contributed by atoms with Gasteiger partial charge >= 0.3 is 7.12 Å². The lowest BCUT2D eigenvalue weighted by Crippen LogP contribution is -2.41. The monoisotopic (exact) mass is 334 g/mol. The van der Waals surface area contributed by atoms with Crippen LogP contribution in [0.15, 0.2) is 24.3 Å². The molecular weight excluding hydrogens is 307 g/mol. The Kier molecular flexibility index (Phi) is 4.45. The van der Waals surface area contributed by atoms with E-state index in [9.17, 15) is 0 Å². The van der Waals surface area contributed by atoms with Crippen LogP contribution in [0.5, 0.6) is 5.75 Å². The molecular formula is C18H27BO5. The van der Waals surface area contributed by atoms with Gasteiger partial charge in [0, 0.05) is 5.46 Å². The first-order chi connectivity index (χ1) is 11.1. The lowest BCUT2D eigenvalue weighted by molar-refractivity contribution is -0.141. The molecule has 0 radical (unpaired) electrons. The Bertz CT molecular complexity index is 583. The van der Waals surface area contributed by atoms with Gasteiger partial charge in [-0.1, -0.05) is 18.2 Å². The number of rotatable bonds is 4. The average molecular weight is 334 g/mol. The minimum absolute atomic E-state index is 0.0775. The lowest BCUT2D eigenvalue weighted by atomic mass is 9.78. The second-order valence-corrected chi connectivity index (χ2v) is 7.89. The normalized spacial score (nSPS) is 27.4. The molecule has 2 aliphatic rings. The first-order valence-electron chi connectivity index (χ1n) is 8.49. The number of hydrogen-bond donors (Lipinski definition) is 0. The molecule has 2 saturated heterocycles. The molecule has 0 N–H and O–H groups in total. The third kappa shape index (κ3) is 3.47. The van der Waals surface area contributed by atoms with E-state index in [1.165, 1.54) is 0 Å². The van der Waals surface area contributed by atoms with Crippen molar-refractivity contribution in [3.8, 4) is 5.75 Å². The highest BCUT2D eigenvalue weighted by Crippen LogP contribution is 2.37. The van der Waals surface area contributed by atoms with Gasteiger partial charge in [0.1, 0.15) is 18.5 Å². The lowest BCUT2D eigenvalue weighted by Gasteiger charge is -2.32. The van der Waals surface area contributed by atoms with Crippen LogP contribution in [-0.4, -0.2) is 43.4 Å². The highest BCUT2D eigenvalue weighted by molar-refractivity contribution is 6.63. The molecule has 24 heavy (non-hydrogen) atoms. The predicted molar refractivity (Wildman–Crippen MR) is 92.6 cm³/mol. The van der Waals surface area contributed by atoms with Gasteiger partial charge in [-0.05, 0) is 47.6 Å². The van der Waals surface area contributed by atoms with E-state index in [1.54, 1.807) is 0 Å². The van der Waals surface area contributed by atoms with Crippen molar-refractivity contribution in [1.29, 1.82) is 0 Å². The van der Waals surface area contributed by atoms with E-state index < -0.39 is 12.9 Å². The van der Waals surface area contributed by atoms with Crippen molar-refractivity contribution in [3.63, 3.8) is 0 Å². The summed E-state index contributed by atoms with van der Waals surface area (Å²) < 4.78 is 29.6. The molecule has 0 spiro atoms. The number of benzene rings is 1. The minimum Gasteiger partial charge on any atom is -0.491 e. The van der Waals surface area contributed by atoms with Crippen LogP contribution in [0.3, 0.4) is 0 Å². The van der Waals surface area contributed by atoms with Crippen molar-refractivity contribution in [2.75, 3.05) is 13.2 Å². The molecule has 2 aliphatic heterocycles. The molecule has 0 saturated carbocycles. The SMILES string of the molecule is CC1(C)OC[C@H](COc2ccccc2B2OC(C)(C)C(C)(C)O2)O1. The zero-order chi connectivity index (χ0) is 17.6. The highest BCUT2D eigenvalue weighted by atomic mass is 16.7. The summed E-state index contributed by atoms with van der Waals surface area (Å²) in [5.41, 5.74) is 0.142. The topological polar surface area (TPSA) is 46.2 Å². The van der Waals surface area contributed by atoms with Gasteiger partial charge in [0.05, 0.1) is 17.8 Å². The summed E-state index contributed by atoms with van der Waals surface area (Å²) in [6.07, 6.45) is -0.0775. The van der Waals surface area contributed by atoms with E-state index in [2.05, 4.69) is 0 Å². The van der Waals surface area contributed by atoms with E-state index in [4.69, 9.17) is 23.5 Å². The van der Waals surface area contributed by atoms with Gasteiger partial charge in [-0.15, -0.1) is 0 Å². The van der Waals surface area contributed by atoms with Gasteiger partial charge < -0.3 is 23.5 Å². The van der Waals surface area contributed by atoms with Crippen LogP contribution in [0.1, 0.15) is 41.5 Å². The predicted octanol–water partition coefficient (Wildman–Crippen LogP) is 2.52. The molecule has 2 heterocycles. The summed E-state index contributed by atoms with van der Waals surface area (Å²) in [7, 11) is -0.441. The van der Waals surface area contributed by atoms with Crippen LogP contribution >= 0.6 is 0 Å². The van der Waals surface area contributed by atoms with Crippen LogP contribution in [-0.2, 0) is 18.8 Å². The van der Waals surface area contributed by atoms with Crippen LogP contribution < -0.4 is 10.2 Å². The fourth-order valence-corrected chi connectivity index (χ4v) is 2.80. The number of ether oxygens (including phenoxy) is 3. The quantitative estimate of drug-likeness (QED) is 0.792. The smallest absolute Gasteiger partial charge is 0.491 e. The fraction of sp³-hybridized carbons (Fsp3) is 0.667. The van der Waals surface area contributed by atoms with E-state index in [0.717, 1.165) is 11.2 Å². The Morgan fingerprint density at radius 3 is 2.25 bits per heavy atom. The van der Waals surface area contributed by atoms with Crippen molar-refractivity contribution in [2.24, 2.45) is 0 Å². The van der Waals surface area contributed by atoms with Gasteiger partial charge in [0.15, 0.2) is 5.79 Å². The Labute approximate surface area is 144 Å². The first-order valence-corrected chi connectivity index (χ1v) is 8.49. The van der Waals surface area contributed by atoms with E-state index in [0.29, 0.717) is 13.2 Å². The maximum absolute atomic E-state index is 6.14. The van der Waals surface area contributed by atoms with Crippen molar-refractivity contribution in [2.45, 2.75) is 64.6 Å². The molecule has 0 unspecified atom stereocenters. The molecule has 6 heteroatoms. The van der Waals surface area contributed by atoms with Crippen molar-refractivity contribution < 1.29 is 23.5 Å². The standard InChI is InChI=1S/C18H27BO5/c1-16(2)17(3,4)24-19(23-16)14-9-7-8-10-15(14)20-11-13-12-21-18(5,6)22-13/h7-10,13H,11-12H2,1-6H3/t13-/m0/s1. The first kappa shape index (κ1) is 17.7. The maximum Gasteiger partial charge on any atom is 0.498 e. The van der Waals surface area contributed by atoms with Gasteiger partial charge in [-0.25, -0.2) is 0 Å². The molecule has 0 aromatic heterocycles. The van der Waals surface area contributed by atoms with Crippen LogP contribution in [0.25, 0.3) is 0 Å². The van der Waals surface area contributed by atoms with E-state index in [-0.39, 0.29) is 17.3 Å². The van der Waals surface area contributed by atoms with Crippen molar-refractivity contribution in [1.82, 2.24) is 0 Å². The highest BCUT2D eigenvalue weighted by Gasteiger charge is 2.52. The second kappa shape index (κ2) is 6.02. The zero-order valence-corrected chi connectivity index (χ0v) is 15.4. The summed E-state index contributed by atoms with van der Waals surface area (Å²) in [6, 6.07) is 7.82. The number of para-hydroxylation sites is 1. The fourth-order valence-electron chi connectivity index (χ4n) is 2.80. The molecule has 1 atom stereocenters.